The van der Waals surface area contributed by atoms with Gasteiger partial charge in [-0.3, -0.25) is 9.36 Å². The number of nitrogens with zero attached hydrogens (tertiary/aromatic N) is 4. The molecule has 5 rings (SSSR count). The summed E-state index contributed by atoms with van der Waals surface area (Å²) in [7, 11) is 0. The van der Waals surface area contributed by atoms with Crippen LogP contribution in [0.25, 0.3) is 17.1 Å². The maximum absolute atomic E-state index is 12.6. The van der Waals surface area contributed by atoms with Gasteiger partial charge < -0.3 is 4.74 Å². The molecule has 0 unspecified atom stereocenters. The van der Waals surface area contributed by atoms with Gasteiger partial charge in [-0.1, -0.05) is 100 Å². The highest BCUT2D eigenvalue weighted by Gasteiger charge is 2.17. The zero-order valence-corrected chi connectivity index (χ0v) is 23.2. The number of hydrogen-bond donors (Lipinski definition) is 1. The molecule has 1 aromatic heterocycles. The van der Waals surface area contributed by atoms with E-state index in [9.17, 15) is 4.79 Å². The van der Waals surface area contributed by atoms with Crippen LogP contribution in [0.2, 0.25) is 0 Å². The molecule has 4 aromatic carbocycles. The maximum atomic E-state index is 12.6. The third kappa shape index (κ3) is 7.22. The van der Waals surface area contributed by atoms with Crippen LogP contribution in [0.5, 0.6) is 5.75 Å². The van der Waals surface area contributed by atoms with Crippen molar-refractivity contribution in [3.8, 4) is 22.8 Å². The number of carbonyl (C=O) groups excluding carboxylic acids is 1. The van der Waals surface area contributed by atoms with Crippen LogP contribution >= 0.6 is 27.7 Å². The van der Waals surface area contributed by atoms with Gasteiger partial charge in [-0.2, -0.15) is 5.10 Å². The van der Waals surface area contributed by atoms with Crippen molar-refractivity contribution in [2.75, 3.05) is 5.75 Å². The fourth-order valence-electron chi connectivity index (χ4n) is 3.73. The fraction of sp³-hybridized carbons (Fsp3) is 0.0667. The molecule has 1 N–H and O–H groups in total. The van der Waals surface area contributed by atoms with Gasteiger partial charge in [0.05, 0.1) is 12.0 Å². The zero-order chi connectivity index (χ0) is 26.9. The van der Waals surface area contributed by atoms with E-state index in [0.717, 1.165) is 32.6 Å². The highest BCUT2D eigenvalue weighted by Crippen LogP contribution is 2.28. The molecule has 7 nitrogen and oxygen atoms in total. The highest BCUT2D eigenvalue weighted by molar-refractivity contribution is 9.10. The third-order valence-electron chi connectivity index (χ3n) is 5.59. The molecule has 194 valence electrons. The summed E-state index contributed by atoms with van der Waals surface area (Å²) in [6.07, 6.45) is 1.59. The predicted molar refractivity (Wildman–Crippen MR) is 158 cm³/mol. The summed E-state index contributed by atoms with van der Waals surface area (Å²) in [5.74, 6) is 1.31. The van der Waals surface area contributed by atoms with E-state index in [-0.39, 0.29) is 11.7 Å². The topological polar surface area (TPSA) is 81.4 Å². The van der Waals surface area contributed by atoms with Crippen molar-refractivity contribution in [2.45, 2.75) is 11.8 Å². The Morgan fingerprint density at radius 1 is 0.923 bits per heavy atom. The number of hydrazone groups is 1. The van der Waals surface area contributed by atoms with Crippen LogP contribution < -0.4 is 10.2 Å². The normalized spacial score (nSPS) is 11.0. The summed E-state index contributed by atoms with van der Waals surface area (Å²) < 4.78 is 8.79. The number of rotatable bonds is 10. The standard InChI is InChI=1S/C30H24BrN5O2S/c31-25-14-16-26(17-15-25)36-29(24-11-5-2-6-12-24)34-35-30(36)39-21-28(37)33-32-19-23-10-7-13-27(18-23)38-20-22-8-3-1-4-9-22/h1-19H,20-21H2,(H,33,37). The van der Waals surface area contributed by atoms with Gasteiger partial charge in [-0.15, -0.1) is 10.2 Å². The molecule has 1 amide bonds. The van der Waals surface area contributed by atoms with Gasteiger partial charge in [-0.05, 0) is 47.5 Å². The largest absolute Gasteiger partial charge is 0.489 e. The van der Waals surface area contributed by atoms with Crippen LogP contribution in [-0.2, 0) is 11.4 Å². The summed E-state index contributed by atoms with van der Waals surface area (Å²) in [6.45, 7) is 0.478. The van der Waals surface area contributed by atoms with Gasteiger partial charge in [0.25, 0.3) is 5.91 Å². The first-order valence-electron chi connectivity index (χ1n) is 12.1. The minimum absolute atomic E-state index is 0.126. The average Bonchev–Trinajstić information content (AvgIpc) is 3.41. The Balaban J connectivity index is 1.21. The number of carbonyl (C=O) groups is 1. The van der Waals surface area contributed by atoms with Gasteiger partial charge in [0.1, 0.15) is 12.4 Å². The summed E-state index contributed by atoms with van der Waals surface area (Å²) in [5, 5.41) is 13.5. The van der Waals surface area contributed by atoms with Gasteiger partial charge in [0, 0.05) is 15.7 Å². The van der Waals surface area contributed by atoms with Crippen LogP contribution in [-0.4, -0.2) is 32.6 Å². The maximum Gasteiger partial charge on any atom is 0.250 e. The SMILES string of the molecule is O=C(CSc1nnc(-c2ccccc2)n1-c1ccc(Br)cc1)NN=Cc1cccc(OCc2ccccc2)c1. The van der Waals surface area contributed by atoms with E-state index in [4.69, 9.17) is 4.74 Å². The van der Waals surface area contributed by atoms with Crippen molar-refractivity contribution in [1.82, 2.24) is 20.2 Å². The fourth-order valence-corrected chi connectivity index (χ4v) is 4.74. The number of halogens is 1. The lowest BCUT2D eigenvalue weighted by molar-refractivity contribution is -0.118. The van der Waals surface area contributed by atoms with Gasteiger partial charge >= 0.3 is 0 Å². The smallest absolute Gasteiger partial charge is 0.250 e. The van der Waals surface area contributed by atoms with Crippen LogP contribution in [0, 0.1) is 0 Å². The Morgan fingerprint density at radius 2 is 1.67 bits per heavy atom. The Hall–Kier alpha value is -4.21. The molecule has 0 saturated carbocycles. The quantitative estimate of drug-likeness (QED) is 0.113. The molecule has 0 aliphatic carbocycles. The molecule has 0 atom stereocenters. The summed E-state index contributed by atoms with van der Waals surface area (Å²) in [4.78, 5) is 12.6. The molecule has 0 spiro atoms. The minimum Gasteiger partial charge on any atom is -0.489 e. The van der Waals surface area contributed by atoms with Crippen molar-refractivity contribution >= 4 is 39.8 Å². The predicted octanol–water partition coefficient (Wildman–Crippen LogP) is 6.52. The summed E-state index contributed by atoms with van der Waals surface area (Å²) >= 11 is 4.78. The number of hydrogen-bond acceptors (Lipinski definition) is 6. The Bertz CT molecular complexity index is 1560. The number of ether oxygens (including phenoxy) is 1. The van der Waals surface area contributed by atoms with Crippen molar-refractivity contribution < 1.29 is 9.53 Å². The van der Waals surface area contributed by atoms with E-state index in [0.29, 0.717) is 17.6 Å². The number of benzene rings is 4. The van der Waals surface area contributed by atoms with E-state index in [1.807, 2.05) is 114 Å². The van der Waals surface area contributed by atoms with E-state index >= 15 is 0 Å². The second-order valence-corrected chi connectivity index (χ2v) is 10.3. The lowest BCUT2D eigenvalue weighted by Crippen LogP contribution is -2.20. The van der Waals surface area contributed by atoms with Crippen LogP contribution in [0.4, 0.5) is 0 Å². The lowest BCUT2D eigenvalue weighted by Gasteiger charge is -2.10. The highest BCUT2D eigenvalue weighted by atomic mass is 79.9. The molecule has 39 heavy (non-hydrogen) atoms. The molecule has 5 aromatic rings. The van der Waals surface area contributed by atoms with Gasteiger partial charge in [0.15, 0.2) is 11.0 Å². The summed E-state index contributed by atoms with van der Waals surface area (Å²) in [5.41, 5.74) is 6.33. The van der Waals surface area contributed by atoms with E-state index < -0.39 is 0 Å². The number of aromatic nitrogens is 3. The molecule has 0 bridgehead atoms. The number of thioether (sulfide) groups is 1. The van der Waals surface area contributed by atoms with Crippen LogP contribution in [0.15, 0.2) is 124 Å². The molecule has 9 heteroatoms. The van der Waals surface area contributed by atoms with Gasteiger partial charge in [0.2, 0.25) is 0 Å². The first kappa shape index (κ1) is 26.4. The Morgan fingerprint density at radius 3 is 2.44 bits per heavy atom. The zero-order valence-electron chi connectivity index (χ0n) is 20.8. The van der Waals surface area contributed by atoms with Crippen LogP contribution in [0.3, 0.4) is 0 Å². The van der Waals surface area contributed by atoms with Crippen molar-refractivity contribution in [2.24, 2.45) is 5.10 Å². The Labute approximate surface area is 239 Å². The number of nitrogens with one attached hydrogen (secondary N) is 1. The average molecular weight is 599 g/mol. The molecule has 0 radical (unpaired) electrons. The second-order valence-electron chi connectivity index (χ2n) is 8.41. The Kier molecular flexibility index (Phi) is 8.82. The third-order valence-corrected chi connectivity index (χ3v) is 7.05. The summed E-state index contributed by atoms with van der Waals surface area (Å²) in [6, 6.07) is 35.2. The number of amides is 1. The van der Waals surface area contributed by atoms with Crippen molar-refractivity contribution in [1.29, 1.82) is 0 Å². The molecule has 0 aliphatic rings. The molecule has 1 heterocycles. The van der Waals surface area contributed by atoms with Crippen molar-refractivity contribution in [3.05, 3.63) is 125 Å². The van der Waals surface area contributed by atoms with Gasteiger partial charge in [-0.25, -0.2) is 5.43 Å². The second kappa shape index (κ2) is 13.0. The van der Waals surface area contributed by atoms with Crippen molar-refractivity contribution in [3.63, 3.8) is 0 Å². The van der Waals surface area contributed by atoms with E-state index in [1.54, 1.807) is 6.21 Å². The minimum atomic E-state index is -0.251. The van der Waals surface area contributed by atoms with E-state index in [2.05, 4.69) is 36.7 Å². The first-order valence-corrected chi connectivity index (χ1v) is 13.9. The molecule has 0 fully saturated rings. The molecule has 0 saturated heterocycles. The molecule has 0 aliphatic heterocycles. The lowest BCUT2D eigenvalue weighted by atomic mass is 10.2. The first-order chi connectivity index (χ1) is 19.2. The monoisotopic (exact) mass is 597 g/mol. The van der Waals surface area contributed by atoms with E-state index in [1.165, 1.54) is 11.8 Å². The van der Waals surface area contributed by atoms with Crippen LogP contribution in [0.1, 0.15) is 11.1 Å². The molecular weight excluding hydrogens is 574 g/mol. The molecular formula is C30H24BrN5O2S.